The van der Waals surface area contributed by atoms with E-state index in [0.717, 1.165) is 19.3 Å². The van der Waals surface area contributed by atoms with Gasteiger partial charge in [-0.15, -0.1) is 0 Å². The molecule has 0 radical (unpaired) electrons. The molecule has 0 aromatic heterocycles. The molecule has 1 saturated heterocycles. The third-order valence-corrected chi connectivity index (χ3v) is 1.45. The topological polar surface area (TPSA) is 29.5 Å². The summed E-state index contributed by atoms with van der Waals surface area (Å²) in [4.78, 5) is 0. The zero-order chi connectivity index (χ0) is 5.98. The molecular weight excluding hydrogens is 104 g/mol. The van der Waals surface area contributed by atoms with Crippen LogP contribution in [0.5, 0.6) is 0 Å². The fraction of sp³-hybridized carbons (Fsp3) is 1.00. The van der Waals surface area contributed by atoms with Crippen LogP contribution in [0, 0.1) is 0 Å². The predicted octanol–water partition coefficient (Wildman–Crippen LogP) is 0.894. The van der Waals surface area contributed by atoms with Gasteiger partial charge in [0.15, 0.2) is 6.29 Å². The van der Waals surface area contributed by atoms with Crippen molar-refractivity contribution in [2.24, 2.45) is 0 Å². The van der Waals surface area contributed by atoms with Gasteiger partial charge in [-0.1, -0.05) is 0 Å². The monoisotopic (exact) mass is 116 g/mol. The van der Waals surface area contributed by atoms with E-state index in [9.17, 15) is 0 Å². The lowest BCUT2D eigenvalue weighted by Gasteiger charge is -2.23. The van der Waals surface area contributed by atoms with Crippen molar-refractivity contribution in [2.75, 3.05) is 0 Å². The Hall–Kier alpha value is -0.0800. The van der Waals surface area contributed by atoms with Gasteiger partial charge >= 0.3 is 0 Å². The van der Waals surface area contributed by atoms with E-state index >= 15 is 0 Å². The second-order valence-corrected chi connectivity index (χ2v) is 2.33. The number of hydrogen-bond acceptors (Lipinski definition) is 2. The van der Waals surface area contributed by atoms with Crippen molar-refractivity contribution in [1.82, 2.24) is 0 Å². The molecule has 0 aliphatic carbocycles. The summed E-state index contributed by atoms with van der Waals surface area (Å²) in [5, 5.41) is 8.86. The number of hydrogen-bond donors (Lipinski definition) is 1. The third kappa shape index (κ3) is 1.46. The molecule has 1 fully saturated rings. The standard InChI is InChI=1S/C6H12O2/c1-5-3-2-4-6(7)8-5/h5-7H,2-4H2,1H3/t5-,6+/m0/s1. The van der Waals surface area contributed by atoms with Crippen molar-refractivity contribution < 1.29 is 9.84 Å². The molecule has 1 N–H and O–H groups in total. The van der Waals surface area contributed by atoms with Crippen LogP contribution in [0.15, 0.2) is 0 Å². The molecule has 1 rings (SSSR count). The van der Waals surface area contributed by atoms with Gasteiger partial charge in [-0.25, -0.2) is 0 Å². The molecular formula is C6H12O2. The van der Waals surface area contributed by atoms with Crippen molar-refractivity contribution in [1.29, 1.82) is 0 Å². The molecule has 0 bridgehead atoms. The minimum Gasteiger partial charge on any atom is -0.368 e. The summed E-state index contributed by atoms with van der Waals surface area (Å²) < 4.78 is 5.04. The van der Waals surface area contributed by atoms with Gasteiger partial charge in [0.05, 0.1) is 6.10 Å². The minimum atomic E-state index is -0.487. The first-order chi connectivity index (χ1) is 3.79. The molecule has 0 amide bonds. The molecule has 1 aliphatic rings. The number of rotatable bonds is 0. The van der Waals surface area contributed by atoms with E-state index in [0.29, 0.717) is 0 Å². The highest BCUT2D eigenvalue weighted by atomic mass is 16.6. The Morgan fingerprint density at radius 3 is 2.62 bits per heavy atom. The second-order valence-electron chi connectivity index (χ2n) is 2.33. The van der Waals surface area contributed by atoms with E-state index < -0.39 is 6.29 Å². The predicted molar refractivity (Wildman–Crippen MR) is 30.4 cm³/mol. The third-order valence-electron chi connectivity index (χ3n) is 1.45. The molecule has 0 aromatic carbocycles. The Balaban J connectivity index is 2.23. The number of ether oxygens (including phenoxy) is 1. The van der Waals surface area contributed by atoms with Crippen LogP contribution in [0.2, 0.25) is 0 Å². The molecule has 2 heteroatoms. The molecule has 2 atom stereocenters. The Bertz CT molecular complexity index is 64.9. The quantitative estimate of drug-likeness (QED) is 0.509. The summed E-state index contributed by atoms with van der Waals surface area (Å²) in [5.41, 5.74) is 0. The van der Waals surface area contributed by atoms with Gasteiger partial charge in [-0.3, -0.25) is 0 Å². The molecule has 0 unspecified atom stereocenters. The van der Waals surface area contributed by atoms with Gasteiger partial charge in [0.1, 0.15) is 0 Å². The average Bonchev–Trinajstić information content (AvgIpc) is 1.64. The summed E-state index contributed by atoms with van der Waals surface area (Å²) in [7, 11) is 0. The van der Waals surface area contributed by atoms with E-state index in [1.165, 1.54) is 0 Å². The van der Waals surface area contributed by atoms with Crippen LogP contribution in [0.3, 0.4) is 0 Å². The normalized spacial score (nSPS) is 39.8. The lowest BCUT2D eigenvalue weighted by molar-refractivity contribution is -0.156. The Morgan fingerprint density at radius 2 is 2.25 bits per heavy atom. The first-order valence-corrected chi connectivity index (χ1v) is 3.12. The van der Waals surface area contributed by atoms with Crippen LogP contribution in [-0.4, -0.2) is 17.5 Å². The zero-order valence-corrected chi connectivity index (χ0v) is 5.13. The van der Waals surface area contributed by atoms with Crippen LogP contribution in [0.4, 0.5) is 0 Å². The Kier molecular flexibility index (Phi) is 1.86. The smallest absolute Gasteiger partial charge is 0.154 e. The van der Waals surface area contributed by atoms with Crippen molar-refractivity contribution >= 4 is 0 Å². The molecule has 48 valence electrons. The van der Waals surface area contributed by atoms with E-state index in [1.54, 1.807) is 0 Å². The van der Waals surface area contributed by atoms with E-state index in [2.05, 4.69) is 0 Å². The van der Waals surface area contributed by atoms with E-state index in [-0.39, 0.29) is 6.10 Å². The van der Waals surface area contributed by atoms with Gasteiger partial charge in [-0.2, -0.15) is 0 Å². The highest BCUT2D eigenvalue weighted by Gasteiger charge is 2.15. The summed E-state index contributed by atoms with van der Waals surface area (Å²) >= 11 is 0. The molecule has 1 heterocycles. The summed E-state index contributed by atoms with van der Waals surface area (Å²) in [6.07, 6.45) is 2.78. The van der Waals surface area contributed by atoms with Gasteiger partial charge in [0.25, 0.3) is 0 Å². The lowest BCUT2D eigenvalue weighted by atomic mass is 10.1. The maximum absolute atomic E-state index is 8.86. The van der Waals surface area contributed by atoms with Gasteiger partial charge in [0.2, 0.25) is 0 Å². The van der Waals surface area contributed by atoms with E-state index in [1.807, 2.05) is 6.92 Å². The van der Waals surface area contributed by atoms with Gasteiger partial charge in [0, 0.05) is 0 Å². The molecule has 0 aromatic rings. The first-order valence-electron chi connectivity index (χ1n) is 3.12. The van der Waals surface area contributed by atoms with Crippen molar-refractivity contribution in [2.45, 2.75) is 38.6 Å². The van der Waals surface area contributed by atoms with E-state index in [4.69, 9.17) is 9.84 Å². The molecule has 8 heavy (non-hydrogen) atoms. The summed E-state index contributed by atoms with van der Waals surface area (Å²) in [6, 6.07) is 0. The summed E-state index contributed by atoms with van der Waals surface area (Å²) in [6.45, 7) is 1.99. The average molecular weight is 116 g/mol. The van der Waals surface area contributed by atoms with Crippen LogP contribution in [0.25, 0.3) is 0 Å². The molecule has 0 saturated carbocycles. The lowest BCUT2D eigenvalue weighted by Crippen LogP contribution is -2.24. The van der Waals surface area contributed by atoms with Crippen molar-refractivity contribution in [3.63, 3.8) is 0 Å². The molecule has 0 spiro atoms. The van der Waals surface area contributed by atoms with Crippen LogP contribution in [0.1, 0.15) is 26.2 Å². The largest absolute Gasteiger partial charge is 0.368 e. The minimum absolute atomic E-state index is 0.263. The second kappa shape index (κ2) is 2.46. The van der Waals surface area contributed by atoms with Crippen LogP contribution in [-0.2, 0) is 4.74 Å². The Labute approximate surface area is 49.5 Å². The maximum atomic E-state index is 8.86. The van der Waals surface area contributed by atoms with Crippen LogP contribution >= 0.6 is 0 Å². The van der Waals surface area contributed by atoms with Gasteiger partial charge in [-0.05, 0) is 26.2 Å². The SMILES string of the molecule is C[C@H]1CCC[C@H](O)O1. The highest BCUT2D eigenvalue weighted by Crippen LogP contribution is 2.15. The number of aliphatic hydroxyl groups is 1. The number of aliphatic hydroxyl groups excluding tert-OH is 1. The highest BCUT2D eigenvalue weighted by molar-refractivity contribution is 4.59. The van der Waals surface area contributed by atoms with Crippen LogP contribution < -0.4 is 0 Å². The Morgan fingerprint density at radius 1 is 1.50 bits per heavy atom. The van der Waals surface area contributed by atoms with Crippen molar-refractivity contribution in [3.05, 3.63) is 0 Å². The molecule has 2 nitrogen and oxygen atoms in total. The fourth-order valence-electron chi connectivity index (χ4n) is 0.984. The van der Waals surface area contributed by atoms with Crippen molar-refractivity contribution in [3.8, 4) is 0 Å². The molecule has 1 aliphatic heterocycles. The first kappa shape index (κ1) is 6.05. The maximum Gasteiger partial charge on any atom is 0.154 e. The van der Waals surface area contributed by atoms with Gasteiger partial charge < -0.3 is 9.84 Å². The fourth-order valence-corrected chi connectivity index (χ4v) is 0.984. The zero-order valence-electron chi connectivity index (χ0n) is 5.13. The summed E-state index contributed by atoms with van der Waals surface area (Å²) in [5.74, 6) is 0.